The lowest BCUT2D eigenvalue weighted by molar-refractivity contribution is 0.404. The highest BCUT2D eigenvalue weighted by Gasteiger charge is 2.14. The summed E-state index contributed by atoms with van der Waals surface area (Å²) in [6.07, 6.45) is 0. The van der Waals surface area contributed by atoms with Gasteiger partial charge in [0.1, 0.15) is 17.2 Å². The minimum atomic E-state index is 0.372. The minimum Gasteiger partial charge on any atom is -0.497 e. The Kier molecular flexibility index (Phi) is 3.26. The third kappa shape index (κ3) is 1.96. The lowest BCUT2D eigenvalue weighted by Crippen LogP contribution is -1.90. The van der Waals surface area contributed by atoms with Crippen LogP contribution in [-0.2, 0) is 0 Å². The van der Waals surface area contributed by atoms with Gasteiger partial charge in [-0.3, -0.25) is 0 Å². The van der Waals surface area contributed by atoms with Crippen LogP contribution in [0.15, 0.2) is 18.2 Å². The molecule has 0 N–H and O–H groups in total. The van der Waals surface area contributed by atoms with Crippen molar-refractivity contribution >= 4 is 23.3 Å². The quantitative estimate of drug-likeness (QED) is 0.847. The van der Waals surface area contributed by atoms with Crippen molar-refractivity contribution in [2.24, 2.45) is 0 Å². The Balaban J connectivity index is 2.57. The summed E-state index contributed by atoms with van der Waals surface area (Å²) in [5.41, 5.74) is 1.39. The molecule has 0 saturated heterocycles. The number of hydrogen-bond acceptors (Lipinski definition) is 5. The molecule has 0 aliphatic carbocycles. The zero-order valence-electron chi connectivity index (χ0n) is 8.73. The van der Waals surface area contributed by atoms with E-state index in [4.69, 9.17) is 21.1 Å². The van der Waals surface area contributed by atoms with Crippen LogP contribution in [0.4, 0.5) is 0 Å². The molecule has 0 atom stereocenters. The Morgan fingerprint density at radius 2 is 2.00 bits per heavy atom. The van der Waals surface area contributed by atoms with Crippen molar-refractivity contribution in [2.45, 2.75) is 0 Å². The van der Waals surface area contributed by atoms with E-state index in [1.807, 2.05) is 18.2 Å². The Morgan fingerprint density at radius 1 is 1.19 bits per heavy atom. The molecule has 0 fully saturated rings. The summed E-state index contributed by atoms with van der Waals surface area (Å²) in [6.45, 7) is 0. The summed E-state index contributed by atoms with van der Waals surface area (Å²) >= 11 is 7.00. The van der Waals surface area contributed by atoms with Crippen LogP contribution in [0.3, 0.4) is 0 Å². The van der Waals surface area contributed by atoms with E-state index >= 15 is 0 Å². The molecule has 0 amide bonds. The number of ether oxygens (including phenoxy) is 2. The van der Waals surface area contributed by atoms with Crippen LogP contribution in [0, 0.1) is 0 Å². The number of benzene rings is 1. The van der Waals surface area contributed by atoms with E-state index < -0.39 is 0 Å². The van der Waals surface area contributed by atoms with Crippen molar-refractivity contribution < 1.29 is 9.47 Å². The first-order valence-electron chi connectivity index (χ1n) is 4.46. The predicted octanol–water partition coefficient (Wildman–Crippen LogP) is 2.88. The van der Waals surface area contributed by atoms with Crippen LogP contribution in [-0.4, -0.2) is 23.0 Å². The monoisotopic (exact) mass is 256 g/mol. The summed E-state index contributed by atoms with van der Waals surface area (Å²) in [5, 5.41) is 0.372. The summed E-state index contributed by atoms with van der Waals surface area (Å²) in [4.78, 5) is 0. The molecule has 1 aromatic heterocycles. The summed E-state index contributed by atoms with van der Waals surface area (Å²) in [5.74, 6) is 1.41. The highest BCUT2D eigenvalue weighted by atomic mass is 35.5. The maximum atomic E-state index is 5.94. The molecule has 0 aliphatic heterocycles. The number of halogens is 1. The predicted molar refractivity (Wildman–Crippen MR) is 63.5 cm³/mol. The largest absolute Gasteiger partial charge is 0.497 e. The van der Waals surface area contributed by atoms with Crippen molar-refractivity contribution in [3.63, 3.8) is 0 Å². The van der Waals surface area contributed by atoms with Gasteiger partial charge in [0.25, 0.3) is 0 Å². The van der Waals surface area contributed by atoms with Crippen LogP contribution >= 0.6 is 23.3 Å². The second-order valence-corrected chi connectivity index (χ2v) is 3.86. The normalized spacial score (nSPS) is 10.2. The Morgan fingerprint density at radius 3 is 2.56 bits per heavy atom. The molecule has 4 nitrogen and oxygen atoms in total. The van der Waals surface area contributed by atoms with Crippen LogP contribution in [0.1, 0.15) is 0 Å². The number of hydrogen-bond donors (Lipinski definition) is 0. The van der Waals surface area contributed by atoms with Gasteiger partial charge >= 0.3 is 0 Å². The molecular weight excluding hydrogens is 248 g/mol. The van der Waals surface area contributed by atoms with Gasteiger partial charge < -0.3 is 9.47 Å². The Bertz CT molecular complexity index is 501. The van der Waals surface area contributed by atoms with Crippen LogP contribution < -0.4 is 9.47 Å². The van der Waals surface area contributed by atoms with E-state index in [0.717, 1.165) is 23.0 Å². The second-order valence-electron chi connectivity index (χ2n) is 2.97. The minimum absolute atomic E-state index is 0.372. The van der Waals surface area contributed by atoms with Gasteiger partial charge in [-0.15, -0.1) is 0 Å². The smallest absolute Gasteiger partial charge is 0.171 e. The van der Waals surface area contributed by atoms with Crippen molar-refractivity contribution in [3.8, 4) is 22.8 Å². The molecular formula is C10H9ClN2O2S. The SMILES string of the molecule is COc1ccc(OC)c(-c2nsnc2Cl)c1. The van der Waals surface area contributed by atoms with E-state index in [-0.39, 0.29) is 0 Å². The van der Waals surface area contributed by atoms with Crippen molar-refractivity contribution in [3.05, 3.63) is 23.4 Å². The first kappa shape index (κ1) is 11.2. The molecule has 2 aromatic rings. The van der Waals surface area contributed by atoms with Gasteiger partial charge in [0.2, 0.25) is 0 Å². The average molecular weight is 257 g/mol. The van der Waals surface area contributed by atoms with Crippen molar-refractivity contribution in [2.75, 3.05) is 14.2 Å². The average Bonchev–Trinajstić information content (AvgIpc) is 2.74. The van der Waals surface area contributed by atoms with Crippen molar-refractivity contribution in [1.29, 1.82) is 0 Å². The number of methoxy groups -OCH3 is 2. The fourth-order valence-corrected chi connectivity index (χ4v) is 2.09. The molecule has 84 valence electrons. The molecule has 0 spiro atoms. The molecule has 2 rings (SSSR count). The fraction of sp³-hybridized carbons (Fsp3) is 0.200. The third-order valence-electron chi connectivity index (χ3n) is 2.11. The second kappa shape index (κ2) is 4.67. The zero-order valence-corrected chi connectivity index (χ0v) is 10.3. The molecule has 0 saturated carbocycles. The maximum Gasteiger partial charge on any atom is 0.171 e. The van der Waals surface area contributed by atoms with Gasteiger partial charge in [0, 0.05) is 0 Å². The third-order valence-corrected chi connectivity index (χ3v) is 3.00. The highest BCUT2D eigenvalue weighted by molar-refractivity contribution is 6.99. The van der Waals surface area contributed by atoms with E-state index in [2.05, 4.69) is 8.75 Å². The van der Waals surface area contributed by atoms with Crippen LogP contribution in [0.25, 0.3) is 11.3 Å². The summed E-state index contributed by atoms with van der Waals surface area (Å²) in [6, 6.07) is 5.45. The highest BCUT2D eigenvalue weighted by Crippen LogP contribution is 2.35. The standard InChI is InChI=1S/C10H9ClN2O2S/c1-14-6-3-4-8(15-2)7(5-6)9-10(11)13-16-12-9/h3-5H,1-2H3. The number of aromatic nitrogens is 2. The van der Waals surface area contributed by atoms with Gasteiger partial charge in [-0.25, -0.2) is 0 Å². The first-order valence-corrected chi connectivity index (χ1v) is 5.57. The first-order chi connectivity index (χ1) is 7.76. The molecule has 6 heteroatoms. The molecule has 0 bridgehead atoms. The van der Waals surface area contributed by atoms with Gasteiger partial charge in [-0.05, 0) is 18.2 Å². The van der Waals surface area contributed by atoms with Gasteiger partial charge in [0.15, 0.2) is 5.15 Å². The molecule has 1 aromatic carbocycles. The van der Waals surface area contributed by atoms with E-state index in [9.17, 15) is 0 Å². The molecule has 0 unspecified atom stereocenters. The molecule has 0 aliphatic rings. The molecule has 0 radical (unpaired) electrons. The Hall–Kier alpha value is -1.33. The van der Waals surface area contributed by atoms with E-state index in [1.165, 1.54) is 0 Å². The lowest BCUT2D eigenvalue weighted by atomic mass is 10.1. The Labute approximate surface area is 102 Å². The van der Waals surface area contributed by atoms with E-state index in [0.29, 0.717) is 16.6 Å². The van der Waals surface area contributed by atoms with Gasteiger partial charge in [-0.1, -0.05) is 11.6 Å². The molecule has 16 heavy (non-hydrogen) atoms. The fourth-order valence-electron chi connectivity index (χ4n) is 1.34. The topological polar surface area (TPSA) is 44.2 Å². The van der Waals surface area contributed by atoms with E-state index in [1.54, 1.807) is 14.2 Å². The van der Waals surface area contributed by atoms with Gasteiger partial charge in [0.05, 0.1) is 31.5 Å². The zero-order chi connectivity index (χ0) is 11.5. The van der Waals surface area contributed by atoms with Crippen LogP contribution in [0.2, 0.25) is 5.15 Å². The summed E-state index contributed by atoms with van der Waals surface area (Å²) < 4.78 is 18.5. The van der Waals surface area contributed by atoms with Crippen LogP contribution in [0.5, 0.6) is 11.5 Å². The van der Waals surface area contributed by atoms with Gasteiger partial charge in [-0.2, -0.15) is 8.75 Å². The number of nitrogens with zero attached hydrogens (tertiary/aromatic N) is 2. The molecule has 1 heterocycles. The number of rotatable bonds is 3. The summed E-state index contributed by atoms with van der Waals surface area (Å²) in [7, 11) is 3.20. The van der Waals surface area contributed by atoms with Crippen molar-refractivity contribution in [1.82, 2.24) is 8.75 Å². The lowest BCUT2D eigenvalue weighted by Gasteiger charge is -2.08. The maximum absolute atomic E-state index is 5.94.